The van der Waals surface area contributed by atoms with Crippen molar-refractivity contribution in [3.8, 4) is 5.69 Å². The molecule has 0 spiro atoms. The van der Waals surface area contributed by atoms with Crippen LogP contribution in [0.15, 0.2) is 53.7 Å². The summed E-state index contributed by atoms with van der Waals surface area (Å²) in [4.78, 5) is 27.1. The Balaban J connectivity index is 1.20. The molecule has 6 nitrogen and oxygen atoms in total. The van der Waals surface area contributed by atoms with Gasteiger partial charge in [0.15, 0.2) is 0 Å². The summed E-state index contributed by atoms with van der Waals surface area (Å²) in [5, 5.41) is 4.10. The minimum atomic E-state index is -0.149. The second-order valence-electron chi connectivity index (χ2n) is 8.13. The maximum Gasteiger partial charge on any atom is 0.271 e. The van der Waals surface area contributed by atoms with Gasteiger partial charge in [-0.3, -0.25) is 9.78 Å². The fourth-order valence-corrected chi connectivity index (χ4v) is 5.25. The monoisotopic (exact) mass is 417 g/mol. The van der Waals surface area contributed by atoms with Crippen LogP contribution in [0.4, 0.5) is 0 Å². The van der Waals surface area contributed by atoms with E-state index in [9.17, 15) is 4.79 Å². The van der Waals surface area contributed by atoms with Crippen LogP contribution >= 0.6 is 11.3 Å². The van der Waals surface area contributed by atoms with E-state index >= 15 is 0 Å². The van der Waals surface area contributed by atoms with Crippen LogP contribution in [0, 0.1) is 18.8 Å². The lowest BCUT2D eigenvalue weighted by molar-refractivity contribution is 0.477. The second kappa shape index (κ2) is 8.07. The predicted molar refractivity (Wildman–Crippen MR) is 118 cm³/mol. The molecule has 4 aromatic rings. The molecule has 1 saturated carbocycles. The van der Waals surface area contributed by atoms with Crippen molar-refractivity contribution in [1.29, 1.82) is 0 Å². The van der Waals surface area contributed by atoms with Crippen LogP contribution in [0.1, 0.15) is 35.7 Å². The van der Waals surface area contributed by atoms with E-state index in [1.165, 1.54) is 39.6 Å². The Kier molecular flexibility index (Phi) is 5.12. The minimum absolute atomic E-state index is 0.149. The van der Waals surface area contributed by atoms with Gasteiger partial charge in [0.25, 0.3) is 5.56 Å². The fraction of sp³-hybridized carbons (Fsp3) is 0.348. The maximum absolute atomic E-state index is 11.9. The molecule has 0 amide bonds. The van der Waals surface area contributed by atoms with Crippen molar-refractivity contribution in [2.24, 2.45) is 11.8 Å². The Morgan fingerprint density at radius 2 is 1.97 bits per heavy atom. The van der Waals surface area contributed by atoms with Gasteiger partial charge in [-0.1, -0.05) is 0 Å². The smallest absolute Gasteiger partial charge is 0.267 e. The molecule has 0 aromatic carbocycles. The molecule has 0 bridgehead atoms. The summed E-state index contributed by atoms with van der Waals surface area (Å²) in [7, 11) is 0. The van der Waals surface area contributed by atoms with Crippen molar-refractivity contribution in [2.75, 3.05) is 0 Å². The summed E-state index contributed by atoms with van der Waals surface area (Å²) >= 11 is 1.75. The van der Waals surface area contributed by atoms with E-state index in [-0.39, 0.29) is 5.56 Å². The van der Waals surface area contributed by atoms with Gasteiger partial charge in [0.05, 0.1) is 22.1 Å². The van der Waals surface area contributed by atoms with Crippen molar-refractivity contribution < 1.29 is 0 Å². The first-order chi connectivity index (χ1) is 14.6. The Morgan fingerprint density at radius 1 is 1.10 bits per heavy atom. The fourth-order valence-electron chi connectivity index (χ4n) is 4.42. The lowest BCUT2D eigenvalue weighted by Crippen LogP contribution is -2.19. The third-order valence-corrected chi connectivity index (χ3v) is 6.81. The largest absolute Gasteiger partial charge is 0.271 e. The molecule has 4 heterocycles. The molecule has 0 unspecified atom stereocenters. The molecule has 7 heteroatoms. The lowest BCUT2D eigenvalue weighted by atomic mass is 9.97. The zero-order valence-corrected chi connectivity index (χ0v) is 17.7. The van der Waals surface area contributed by atoms with Crippen LogP contribution in [-0.2, 0) is 12.8 Å². The van der Waals surface area contributed by atoms with E-state index in [2.05, 4.69) is 28.1 Å². The predicted octanol–water partition coefficient (Wildman–Crippen LogP) is 4.14. The normalized spacial score (nSPS) is 18.8. The number of hydrogen-bond acceptors (Lipinski definition) is 6. The average Bonchev–Trinajstić information content (AvgIpc) is 3.34. The van der Waals surface area contributed by atoms with Gasteiger partial charge >= 0.3 is 0 Å². The molecule has 0 radical (unpaired) electrons. The standard InChI is InChI=1S/C23H23N5OS/c1-15-9-20-21(30-15)14-25-22(27-20)12-17-5-4-16(10-17)11-18-6-7-19(13-24-18)28-23(29)3-2-8-26-28/h2-3,6-9,13-14,16-17H,4-5,10-12H2,1H3/t16-,17-/m0/s1. The zero-order valence-electron chi connectivity index (χ0n) is 16.9. The number of thiophene rings is 1. The molecule has 1 fully saturated rings. The number of aromatic nitrogens is 5. The third kappa shape index (κ3) is 4.03. The average molecular weight is 418 g/mol. The summed E-state index contributed by atoms with van der Waals surface area (Å²) in [6.07, 6.45) is 10.9. The highest BCUT2D eigenvalue weighted by Gasteiger charge is 2.26. The van der Waals surface area contributed by atoms with E-state index < -0.39 is 0 Å². The van der Waals surface area contributed by atoms with Crippen LogP contribution in [-0.4, -0.2) is 24.7 Å². The highest BCUT2D eigenvalue weighted by molar-refractivity contribution is 7.18. The van der Waals surface area contributed by atoms with Crippen molar-refractivity contribution in [1.82, 2.24) is 24.7 Å². The molecule has 4 aromatic heterocycles. The van der Waals surface area contributed by atoms with Crippen LogP contribution in [0.3, 0.4) is 0 Å². The van der Waals surface area contributed by atoms with Crippen molar-refractivity contribution in [3.05, 3.63) is 75.7 Å². The molecular formula is C23H23N5OS. The number of nitrogens with zero attached hydrogens (tertiary/aromatic N) is 5. The highest BCUT2D eigenvalue weighted by atomic mass is 32.1. The Bertz CT molecular complexity index is 1230. The van der Waals surface area contributed by atoms with Crippen molar-refractivity contribution in [2.45, 2.75) is 39.0 Å². The molecule has 0 saturated heterocycles. The Labute approximate surface area is 178 Å². The Morgan fingerprint density at radius 3 is 2.77 bits per heavy atom. The van der Waals surface area contributed by atoms with Gasteiger partial charge in [0.1, 0.15) is 5.82 Å². The first kappa shape index (κ1) is 19.1. The highest BCUT2D eigenvalue weighted by Crippen LogP contribution is 2.35. The molecule has 5 rings (SSSR count). The van der Waals surface area contributed by atoms with E-state index in [0.29, 0.717) is 17.5 Å². The zero-order chi connectivity index (χ0) is 20.5. The van der Waals surface area contributed by atoms with E-state index in [0.717, 1.165) is 29.9 Å². The number of rotatable bonds is 5. The number of aryl methyl sites for hydroxylation is 1. The number of fused-ring (bicyclic) bond motifs is 1. The summed E-state index contributed by atoms with van der Waals surface area (Å²) in [6, 6.07) is 9.23. The van der Waals surface area contributed by atoms with Gasteiger partial charge in [-0.05, 0) is 68.7 Å². The van der Waals surface area contributed by atoms with E-state index in [4.69, 9.17) is 4.98 Å². The van der Waals surface area contributed by atoms with Crippen molar-refractivity contribution in [3.63, 3.8) is 0 Å². The van der Waals surface area contributed by atoms with Crippen LogP contribution in [0.5, 0.6) is 0 Å². The minimum Gasteiger partial charge on any atom is -0.267 e. The molecular weight excluding hydrogens is 394 g/mol. The summed E-state index contributed by atoms with van der Waals surface area (Å²) in [5.74, 6) is 2.24. The van der Waals surface area contributed by atoms with Gasteiger partial charge in [-0.2, -0.15) is 9.78 Å². The van der Waals surface area contributed by atoms with Gasteiger partial charge in [-0.15, -0.1) is 11.3 Å². The maximum atomic E-state index is 11.9. The Hall–Kier alpha value is -2.93. The molecule has 0 N–H and O–H groups in total. The van der Waals surface area contributed by atoms with Gasteiger partial charge in [-0.25, -0.2) is 9.97 Å². The topological polar surface area (TPSA) is 73.6 Å². The first-order valence-electron chi connectivity index (χ1n) is 10.4. The summed E-state index contributed by atoms with van der Waals surface area (Å²) < 4.78 is 2.54. The molecule has 1 aliphatic rings. The second-order valence-corrected chi connectivity index (χ2v) is 9.42. The molecule has 0 aliphatic heterocycles. The van der Waals surface area contributed by atoms with Crippen LogP contribution < -0.4 is 5.56 Å². The van der Waals surface area contributed by atoms with Crippen LogP contribution in [0.25, 0.3) is 15.9 Å². The molecule has 30 heavy (non-hydrogen) atoms. The molecule has 152 valence electrons. The lowest BCUT2D eigenvalue weighted by Gasteiger charge is -2.11. The molecule has 2 atom stereocenters. The third-order valence-electron chi connectivity index (χ3n) is 5.83. The van der Waals surface area contributed by atoms with Gasteiger partial charge in [0, 0.05) is 35.5 Å². The number of pyridine rings is 1. The first-order valence-corrected chi connectivity index (χ1v) is 11.2. The van der Waals surface area contributed by atoms with Crippen LogP contribution in [0.2, 0.25) is 0 Å². The summed E-state index contributed by atoms with van der Waals surface area (Å²) in [5.41, 5.74) is 2.70. The number of hydrogen-bond donors (Lipinski definition) is 0. The van der Waals surface area contributed by atoms with Crippen molar-refractivity contribution >= 4 is 21.6 Å². The van der Waals surface area contributed by atoms with Gasteiger partial charge < -0.3 is 0 Å². The quantitative estimate of drug-likeness (QED) is 0.488. The van der Waals surface area contributed by atoms with E-state index in [1.807, 2.05) is 18.3 Å². The summed E-state index contributed by atoms with van der Waals surface area (Å²) in [6.45, 7) is 2.11. The molecule has 1 aliphatic carbocycles. The SMILES string of the molecule is Cc1cc2nc(C[C@H]3CC[C@H](Cc4ccc(-n5ncccc5=O)cn4)C3)ncc2s1. The van der Waals surface area contributed by atoms with Gasteiger partial charge in [0.2, 0.25) is 0 Å². The van der Waals surface area contributed by atoms with E-state index in [1.54, 1.807) is 29.8 Å².